The van der Waals surface area contributed by atoms with E-state index in [1.54, 1.807) is 12.1 Å². The van der Waals surface area contributed by atoms with Crippen LogP contribution in [-0.4, -0.2) is 23.4 Å². The molecule has 162 valence electrons. The molecule has 0 spiro atoms. The van der Waals surface area contributed by atoms with Crippen LogP contribution in [0.4, 0.5) is 10.1 Å². The Morgan fingerprint density at radius 3 is 2.62 bits per heavy atom. The number of benzene rings is 3. The highest BCUT2D eigenvalue weighted by atomic mass is 19.1. The molecular weight excluding hydrogens is 403 g/mol. The quantitative estimate of drug-likeness (QED) is 0.296. The summed E-state index contributed by atoms with van der Waals surface area (Å²) in [6.45, 7) is 4.46. The van der Waals surface area contributed by atoms with Crippen LogP contribution in [0.15, 0.2) is 77.9 Å². The molecule has 3 aromatic carbocycles. The minimum atomic E-state index is -0.574. The van der Waals surface area contributed by atoms with Crippen molar-refractivity contribution in [2.75, 3.05) is 11.9 Å². The number of carbonyl (C=O) groups is 1. The number of aryl methyl sites for hydroxylation is 2. The monoisotopic (exact) mass is 428 g/mol. The second-order valence-electron chi connectivity index (χ2n) is 7.72. The van der Waals surface area contributed by atoms with Crippen LogP contribution in [0.3, 0.4) is 0 Å². The molecule has 0 bridgehead atoms. The van der Waals surface area contributed by atoms with Gasteiger partial charge in [-0.2, -0.15) is 0 Å². The van der Waals surface area contributed by atoms with Gasteiger partial charge in [-0.1, -0.05) is 48.0 Å². The Balaban J connectivity index is 1.55. The molecule has 0 aliphatic heterocycles. The van der Waals surface area contributed by atoms with E-state index in [9.17, 15) is 9.18 Å². The number of hydrogen-bond acceptors (Lipinski definition) is 2. The first-order chi connectivity index (χ1) is 15.5. The molecule has 32 heavy (non-hydrogen) atoms. The molecule has 1 aromatic heterocycles. The van der Waals surface area contributed by atoms with Crippen molar-refractivity contribution >= 4 is 28.5 Å². The van der Waals surface area contributed by atoms with Crippen LogP contribution in [-0.2, 0) is 6.42 Å². The average molecular weight is 429 g/mol. The number of hydrogen-bond donors (Lipinski definition) is 3. The lowest BCUT2D eigenvalue weighted by molar-refractivity contribution is 0.0973. The maximum Gasteiger partial charge on any atom is 0.260 e. The zero-order chi connectivity index (χ0) is 22.5. The molecule has 0 fully saturated rings. The van der Waals surface area contributed by atoms with Crippen LogP contribution >= 0.6 is 0 Å². The molecule has 3 N–H and O–H groups in total. The predicted molar refractivity (Wildman–Crippen MR) is 128 cm³/mol. The Kier molecular flexibility index (Phi) is 6.31. The van der Waals surface area contributed by atoms with Crippen LogP contribution in [0.2, 0.25) is 0 Å². The molecule has 0 saturated carbocycles. The second kappa shape index (κ2) is 9.47. The topological polar surface area (TPSA) is 69.3 Å². The first-order valence-corrected chi connectivity index (χ1v) is 10.5. The zero-order valence-electron chi connectivity index (χ0n) is 18.1. The van der Waals surface area contributed by atoms with Gasteiger partial charge in [0.05, 0.1) is 5.56 Å². The Labute approximate surface area is 186 Å². The fourth-order valence-corrected chi connectivity index (χ4v) is 3.64. The molecule has 4 rings (SSSR count). The van der Waals surface area contributed by atoms with Crippen molar-refractivity contribution in [3.63, 3.8) is 0 Å². The van der Waals surface area contributed by atoms with E-state index in [1.807, 2.05) is 56.4 Å². The third-order valence-electron chi connectivity index (χ3n) is 5.31. The van der Waals surface area contributed by atoms with Gasteiger partial charge in [0.1, 0.15) is 5.82 Å². The Morgan fingerprint density at radius 2 is 1.81 bits per heavy atom. The van der Waals surface area contributed by atoms with Gasteiger partial charge in [-0.3, -0.25) is 15.1 Å². The molecule has 0 saturated heterocycles. The van der Waals surface area contributed by atoms with Gasteiger partial charge in [0, 0.05) is 29.3 Å². The molecule has 1 heterocycles. The number of nitrogens with one attached hydrogen (secondary N) is 3. The molecule has 0 aliphatic carbocycles. The van der Waals surface area contributed by atoms with Crippen molar-refractivity contribution in [2.24, 2.45) is 4.99 Å². The van der Waals surface area contributed by atoms with E-state index >= 15 is 0 Å². The number of anilines is 1. The van der Waals surface area contributed by atoms with Crippen LogP contribution in [0.1, 0.15) is 27.0 Å². The molecule has 0 radical (unpaired) electrons. The number of aromatic amines is 1. The SMILES string of the molecule is Cc1ccc(NC(=NCCc2c[nH]c3ccccc23)NC(=O)c2ccccc2F)c(C)c1. The highest BCUT2D eigenvalue weighted by Gasteiger charge is 2.14. The fraction of sp³-hybridized carbons (Fsp3) is 0.154. The predicted octanol–water partition coefficient (Wildman–Crippen LogP) is 5.36. The Morgan fingerprint density at radius 1 is 1.03 bits per heavy atom. The number of aliphatic imine (C=N–C) groups is 1. The summed E-state index contributed by atoms with van der Waals surface area (Å²) in [4.78, 5) is 20.6. The molecule has 0 unspecified atom stereocenters. The number of nitrogens with zero attached hydrogens (tertiary/aromatic N) is 1. The molecule has 6 heteroatoms. The van der Waals surface area contributed by atoms with Crippen molar-refractivity contribution in [2.45, 2.75) is 20.3 Å². The van der Waals surface area contributed by atoms with E-state index in [1.165, 1.54) is 12.1 Å². The van der Waals surface area contributed by atoms with Crippen molar-refractivity contribution in [3.8, 4) is 0 Å². The van der Waals surface area contributed by atoms with Crippen LogP contribution in [0.25, 0.3) is 10.9 Å². The molecule has 1 amide bonds. The molecule has 5 nitrogen and oxygen atoms in total. The lowest BCUT2D eigenvalue weighted by Crippen LogP contribution is -2.37. The summed E-state index contributed by atoms with van der Waals surface area (Å²) in [5.74, 6) is -0.842. The van der Waals surface area contributed by atoms with Crippen LogP contribution in [0, 0.1) is 19.7 Å². The number of halogens is 1. The van der Waals surface area contributed by atoms with Crippen molar-refractivity contribution in [1.82, 2.24) is 10.3 Å². The number of para-hydroxylation sites is 1. The number of aromatic nitrogens is 1. The number of amides is 1. The van der Waals surface area contributed by atoms with Gasteiger partial charge in [-0.15, -0.1) is 0 Å². The van der Waals surface area contributed by atoms with E-state index < -0.39 is 11.7 Å². The Hall–Kier alpha value is -3.93. The van der Waals surface area contributed by atoms with E-state index in [0.29, 0.717) is 13.0 Å². The third kappa shape index (κ3) is 4.86. The van der Waals surface area contributed by atoms with Gasteiger partial charge in [-0.25, -0.2) is 4.39 Å². The van der Waals surface area contributed by atoms with E-state index in [0.717, 1.165) is 33.3 Å². The summed E-state index contributed by atoms with van der Waals surface area (Å²) in [6.07, 6.45) is 2.67. The lowest BCUT2D eigenvalue weighted by atomic mass is 10.1. The molecular formula is C26H25FN4O. The van der Waals surface area contributed by atoms with Gasteiger partial charge in [0.25, 0.3) is 5.91 Å². The van der Waals surface area contributed by atoms with Crippen LogP contribution in [0.5, 0.6) is 0 Å². The number of H-pyrrole nitrogens is 1. The number of rotatable bonds is 5. The van der Waals surface area contributed by atoms with Crippen molar-refractivity contribution in [3.05, 3.63) is 101 Å². The third-order valence-corrected chi connectivity index (χ3v) is 5.31. The molecule has 0 aliphatic rings. The summed E-state index contributed by atoms with van der Waals surface area (Å²) >= 11 is 0. The minimum absolute atomic E-state index is 0.0285. The summed E-state index contributed by atoms with van der Waals surface area (Å²) < 4.78 is 14.1. The van der Waals surface area contributed by atoms with Crippen molar-refractivity contribution < 1.29 is 9.18 Å². The molecule has 4 aromatic rings. The number of fused-ring (bicyclic) bond motifs is 1. The normalized spacial score (nSPS) is 11.5. The van der Waals surface area contributed by atoms with Gasteiger partial charge < -0.3 is 10.3 Å². The first-order valence-electron chi connectivity index (χ1n) is 10.5. The van der Waals surface area contributed by atoms with Gasteiger partial charge in [-0.05, 0) is 55.7 Å². The summed E-state index contributed by atoms with van der Waals surface area (Å²) in [5, 5.41) is 7.09. The summed E-state index contributed by atoms with van der Waals surface area (Å²) in [5.41, 5.74) is 5.19. The second-order valence-corrected chi connectivity index (χ2v) is 7.72. The van der Waals surface area contributed by atoms with E-state index in [2.05, 4.69) is 26.7 Å². The minimum Gasteiger partial charge on any atom is -0.361 e. The van der Waals surface area contributed by atoms with Crippen LogP contribution < -0.4 is 10.6 Å². The molecule has 0 atom stereocenters. The Bertz CT molecular complexity index is 1290. The summed E-state index contributed by atoms with van der Waals surface area (Å²) in [7, 11) is 0. The van der Waals surface area contributed by atoms with Gasteiger partial charge in [0.2, 0.25) is 5.96 Å². The largest absolute Gasteiger partial charge is 0.361 e. The first kappa shape index (κ1) is 21.3. The highest BCUT2D eigenvalue weighted by Crippen LogP contribution is 2.19. The smallest absolute Gasteiger partial charge is 0.260 e. The van der Waals surface area contributed by atoms with E-state index in [-0.39, 0.29) is 11.5 Å². The average Bonchev–Trinajstić information content (AvgIpc) is 3.19. The number of guanidine groups is 1. The lowest BCUT2D eigenvalue weighted by Gasteiger charge is -2.14. The zero-order valence-corrected chi connectivity index (χ0v) is 18.1. The number of carbonyl (C=O) groups excluding carboxylic acids is 1. The van der Waals surface area contributed by atoms with Gasteiger partial charge in [0.15, 0.2) is 0 Å². The van der Waals surface area contributed by atoms with E-state index in [4.69, 9.17) is 0 Å². The maximum absolute atomic E-state index is 14.1. The summed E-state index contributed by atoms with van der Waals surface area (Å²) in [6, 6.07) is 20.0. The van der Waals surface area contributed by atoms with Gasteiger partial charge >= 0.3 is 0 Å². The fourth-order valence-electron chi connectivity index (χ4n) is 3.64. The van der Waals surface area contributed by atoms with Crippen molar-refractivity contribution in [1.29, 1.82) is 0 Å². The highest BCUT2D eigenvalue weighted by molar-refractivity contribution is 6.10. The standard InChI is InChI=1S/C26H25FN4O/c1-17-11-12-23(18(2)15-17)30-26(31-25(32)21-8-3-5-9-22(21)27)28-14-13-19-16-29-24-10-6-4-7-20(19)24/h3-12,15-16,29H,13-14H2,1-2H3,(H2,28,30,31,32). The maximum atomic E-state index is 14.1.